The molecular formula is C46H46N2O10S. The minimum atomic E-state index is -0.559. The minimum absolute atomic E-state index is 0.0656. The highest BCUT2D eigenvalue weighted by molar-refractivity contribution is 7.18. The van der Waals surface area contributed by atoms with Crippen LogP contribution in [0.4, 0.5) is 0 Å². The van der Waals surface area contributed by atoms with Crippen LogP contribution < -0.4 is 14.2 Å². The van der Waals surface area contributed by atoms with Gasteiger partial charge in [-0.25, -0.2) is 24.2 Å². The SMILES string of the molecule is C=CC(=O)OCCCOc1ccc(C(=O)OCCc2ccc(OC(=O)c3ccc(OCCCOC(=O)C=C)cc3)c(/C=N/C(CC)Cc3nc4ccccc4s3)c2)cc1. The second-order valence-electron chi connectivity index (χ2n) is 13.0. The summed E-state index contributed by atoms with van der Waals surface area (Å²) in [5.74, 6) is -0.563. The number of aromatic nitrogens is 1. The maximum atomic E-state index is 13.3. The summed E-state index contributed by atoms with van der Waals surface area (Å²) in [7, 11) is 0. The third-order valence-electron chi connectivity index (χ3n) is 8.66. The van der Waals surface area contributed by atoms with Gasteiger partial charge in [-0.15, -0.1) is 11.3 Å². The highest BCUT2D eigenvalue weighted by Gasteiger charge is 2.15. The Morgan fingerprint density at radius 2 is 1.34 bits per heavy atom. The van der Waals surface area contributed by atoms with Gasteiger partial charge in [0.25, 0.3) is 0 Å². The molecule has 4 aromatic carbocycles. The number of aliphatic imine (C=N–C) groups is 1. The monoisotopic (exact) mass is 818 g/mol. The van der Waals surface area contributed by atoms with Crippen LogP contribution in [-0.4, -0.2) is 74.2 Å². The van der Waals surface area contributed by atoms with Crippen LogP contribution in [0.5, 0.6) is 17.2 Å². The molecular weight excluding hydrogens is 773 g/mol. The van der Waals surface area contributed by atoms with E-state index in [1.807, 2.05) is 30.3 Å². The van der Waals surface area contributed by atoms with E-state index < -0.39 is 23.9 Å². The first-order chi connectivity index (χ1) is 28.7. The Balaban J connectivity index is 1.21. The molecule has 0 spiro atoms. The summed E-state index contributed by atoms with van der Waals surface area (Å²) in [4.78, 5) is 58.2. The van der Waals surface area contributed by atoms with Gasteiger partial charge in [-0.05, 0) is 84.8 Å². The van der Waals surface area contributed by atoms with Gasteiger partial charge < -0.3 is 28.4 Å². The summed E-state index contributed by atoms with van der Waals surface area (Å²) in [5, 5.41) is 0.992. The zero-order valence-electron chi connectivity index (χ0n) is 32.8. The number of benzene rings is 4. The predicted octanol–water partition coefficient (Wildman–Crippen LogP) is 8.35. The van der Waals surface area contributed by atoms with Crippen LogP contribution in [0, 0.1) is 0 Å². The van der Waals surface area contributed by atoms with E-state index in [1.165, 1.54) is 0 Å². The number of hydrogen-bond acceptors (Lipinski definition) is 13. The Bertz CT molecular complexity index is 2200. The van der Waals surface area contributed by atoms with Gasteiger partial charge in [0.05, 0.1) is 65.4 Å². The van der Waals surface area contributed by atoms with Gasteiger partial charge in [0.2, 0.25) is 0 Å². The van der Waals surface area contributed by atoms with Crippen molar-refractivity contribution in [3.63, 3.8) is 0 Å². The van der Waals surface area contributed by atoms with E-state index in [0.29, 0.717) is 72.8 Å². The first kappa shape index (κ1) is 43.5. The lowest BCUT2D eigenvalue weighted by Gasteiger charge is -2.12. The fourth-order valence-corrected chi connectivity index (χ4v) is 6.52. The van der Waals surface area contributed by atoms with Crippen molar-refractivity contribution in [2.45, 2.75) is 45.1 Å². The second kappa shape index (κ2) is 23.0. The number of nitrogens with zero attached hydrogens (tertiary/aromatic N) is 2. The normalized spacial score (nSPS) is 11.4. The molecule has 0 aliphatic carbocycles. The first-order valence-corrected chi connectivity index (χ1v) is 20.0. The molecule has 0 aliphatic rings. The van der Waals surface area contributed by atoms with Crippen LogP contribution in [0.1, 0.15) is 63.0 Å². The molecule has 0 aliphatic heterocycles. The summed E-state index contributed by atoms with van der Waals surface area (Å²) in [5.41, 5.74) is 3.10. The third kappa shape index (κ3) is 14.1. The van der Waals surface area contributed by atoms with E-state index in [4.69, 9.17) is 38.4 Å². The van der Waals surface area contributed by atoms with Gasteiger partial charge in [0, 0.05) is 49.6 Å². The Morgan fingerprint density at radius 3 is 1.93 bits per heavy atom. The molecule has 1 unspecified atom stereocenters. The minimum Gasteiger partial charge on any atom is -0.493 e. The number of carbonyl (C=O) groups is 4. The largest absolute Gasteiger partial charge is 0.493 e. The van der Waals surface area contributed by atoms with Crippen LogP contribution in [-0.2, 0) is 36.6 Å². The number of carbonyl (C=O) groups excluding carboxylic acids is 4. The molecule has 5 rings (SSSR count). The molecule has 0 saturated carbocycles. The predicted molar refractivity (Wildman–Crippen MR) is 226 cm³/mol. The molecule has 0 saturated heterocycles. The average Bonchev–Trinajstić information content (AvgIpc) is 3.68. The number of fused-ring (bicyclic) bond motifs is 1. The molecule has 306 valence electrons. The second-order valence-corrected chi connectivity index (χ2v) is 14.1. The van der Waals surface area contributed by atoms with E-state index in [-0.39, 0.29) is 25.9 Å². The van der Waals surface area contributed by atoms with Crippen LogP contribution in [0.15, 0.2) is 121 Å². The molecule has 12 nitrogen and oxygen atoms in total. The number of hydrogen-bond donors (Lipinski definition) is 0. The molecule has 5 aromatic rings. The Labute approximate surface area is 347 Å². The zero-order valence-corrected chi connectivity index (χ0v) is 33.7. The average molecular weight is 819 g/mol. The van der Waals surface area contributed by atoms with E-state index in [2.05, 4.69) is 26.1 Å². The lowest BCUT2D eigenvalue weighted by molar-refractivity contribution is -0.138. The molecule has 0 fully saturated rings. The summed E-state index contributed by atoms with van der Waals surface area (Å²) >= 11 is 1.65. The third-order valence-corrected chi connectivity index (χ3v) is 9.72. The quantitative estimate of drug-likeness (QED) is 0.0156. The van der Waals surface area contributed by atoms with E-state index in [0.717, 1.165) is 39.4 Å². The van der Waals surface area contributed by atoms with E-state index in [1.54, 1.807) is 72.1 Å². The van der Waals surface area contributed by atoms with Gasteiger partial charge in [-0.2, -0.15) is 0 Å². The number of ether oxygens (including phenoxy) is 6. The lowest BCUT2D eigenvalue weighted by Crippen LogP contribution is -2.12. The maximum Gasteiger partial charge on any atom is 0.343 e. The molecule has 1 aromatic heterocycles. The van der Waals surface area contributed by atoms with E-state index in [9.17, 15) is 19.2 Å². The summed E-state index contributed by atoms with van der Waals surface area (Å²) in [6.45, 7) is 9.98. The van der Waals surface area contributed by atoms with Gasteiger partial charge in [0.15, 0.2) is 0 Å². The number of rotatable bonds is 23. The molecule has 1 heterocycles. The number of para-hydroxylation sites is 1. The van der Waals surface area contributed by atoms with Crippen molar-refractivity contribution < 1.29 is 47.6 Å². The van der Waals surface area contributed by atoms with Gasteiger partial charge in [0.1, 0.15) is 17.2 Å². The smallest absolute Gasteiger partial charge is 0.343 e. The topological polar surface area (TPSA) is 149 Å². The van der Waals surface area contributed by atoms with Crippen LogP contribution in [0.2, 0.25) is 0 Å². The molecule has 13 heteroatoms. The van der Waals surface area contributed by atoms with Crippen LogP contribution in [0.3, 0.4) is 0 Å². The fraction of sp³-hybridized carbons (Fsp3) is 0.261. The van der Waals surface area contributed by atoms with Crippen molar-refractivity contribution in [3.05, 3.63) is 144 Å². The van der Waals surface area contributed by atoms with Crippen molar-refractivity contribution in [3.8, 4) is 17.2 Å². The van der Waals surface area contributed by atoms with Crippen LogP contribution in [0.25, 0.3) is 10.2 Å². The molecule has 0 amide bonds. The van der Waals surface area contributed by atoms with Crippen molar-refractivity contribution in [2.75, 3.05) is 33.0 Å². The standard InChI is InChI=1S/C46H46N2O10S/c1-4-36(30-42-48-39-11-7-8-12-41(39)59-42)47-31-35-29-32(23-28-57-45(51)33-14-18-37(19-15-33)53-24-9-26-55-43(49)5-2)13-22-40(35)58-46(52)34-16-20-38(21-17-34)54-25-10-27-56-44(50)6-3/h5-8,11-22,29,31,36H,2-4,9-10,23-28,30H2,1H3/b47-31+. The molecule has 0 radical (unpaired) electrons. The number of thiazole rings is 1. The van der Waals surface area contributed by atoms with Crippen molar-refractivity contribution in [2.24, 2.45) is 4.99 Å². The fourth-order valence-electron chi connectivity index (χ4n) is 5.48. The summed E-state index contributed by atoms with van der Waals surface area (Å²) in [6, 6.07) is 26.5. The molecule has 59 heavy (non-hydrogen) atoms. The van der Waals surface area contributed by atoms with Gasteiger partial charge in [-0.3, -0.25) is 4.99 Å². The molecule has 1 atom stereocenters. The van der Waals surface area contributed by atoms with Crippen LogP contribution >= 0.6 is 11.3 Å². The summed E-state index contributed by atoms with van der Waals surface area (Å²) in [6.07, 6.45) is 6.77. The lowest BCUT2D eigenvalue weighted by atomic mass is 10.1. The number of esters is 4. The summed E-state index contributed by atoms with van der Waals surface area (Å²) < 4.78 is 33.8. The molecule has 0 N–H and O–H groups in total. The first-order valence-electron chi connectivity index (χ1n) is 19.2. The Kier molecular flexibility index (Phi) is 16.9. The van der Waals surface area contributed by atoms with Gasteiger partial charge in [-0.1, -0.05) is 38.3 Å². The Hall–Kier alpha value is -6.60. The Morgan fingerprint density at radius 1 is 0.729 bits per heavy atom. The van der Waals surface area contributed by atoms with Crippen molar-refractivity contribution in [1.82, 2.24) is 4.98 Å². The maximum absolute atomic E-state index is 13.3. The highest BCUT2D eigenvalue weighted by atomic mass is 32.1. The molecule has 0 bridgehead atoms. The van der Waals surface area contributed by atoms with Crippen molar-refractivity contribution >= 4 is 51.6 Å². The van der Waals surface area contributed by atoms with Crippen molar-refractivity contribution in [1.29, 1.82) is 0 Å². The van der Waals surface area contributed by atoms with Gasteiger partial charge >= 0.3 is 23.9 Å². The highest BCUT2D eigenvalue weighted by Crippen LogP contribution is 2.25. The van der Waals surface area contributed by atoms with E-state index >= 15 is 0 Å². The zero-order chi connectivity index (χ0) is 41.8.